The van der Waals surface area contributed by atoms with Crippen LogP contribution in [0.25, 0.3) is 23.1 Å². The second-order valence-corrected chi connectivity index (χ2v) is 8.49. The van der Waals surface area contributed by atoms with Gasteiger partial charge in [0.2, 0.25) is 0 Å². The van der Waals surface area contributed by atoms with Crippen LogP contribution in [0, 0.1) is 5.82 Å². The summed E-state index contributed by atoms with van der Waals surface area (Å²) in [5.74, 6) is -0.619. The molecule has 0 aliphatic rings. The molecule has 34 heavy (non-hydrogen) atoms. The number of ketones is 1. The number of benzene rings is 2. The van der Waals surface area contributed by atoms with Crippen LogP contribution >= 0.6 is 11.8 Å². The van der Waals surface area contributed by atoms with Crippen molar-refractivity contribution >= 4 is 40.6 Å². The number of aromatic amines is 1. The third-order valence-electron chi connectivity index (χ3n) is 5.11. The van der Waals surface area contributed by atoms with Gasteiger partial charge in [-0.15, -0.1) is 0 Å². The van der Waals surface area contributed by atoms with Gasteiger partial charge in [0, 0.05) is 28.5 Å². The molecule has 2 aromatic heterocycles. The smallest absolute Gasteiger partial charge is 0.168 e. The second-order valence-electron chi connectivity index (χ2n) is 7.40. The first kappa shape index (κ1) is 23.1. The van der Waals surface area contributed by atoms with Gasteiger partial charge in [-0.1, -0.05) is 61.3 Å². The first-order chi connectivity index (χ1) is 16.6. The maximum atomic E-state index is 14.8. The first-order valence-electron chi connectivity index (χ1n) is 10.6. The average molecular weight is 468 g/mol. The minimum absolute atomic E-state index is 0.123. The van der Waals surface area contributed by atoms with Gasteiger partial charge in [-0.2, -0.15) is 5.10 Å². The number of Topliss-reactive ketones (excluding diaryl/α,β-unsaturated/α-hetero) is 1. The van der Waals surface area contributed by atoms with Crippen molar-refractivity contribution in [3.63, 3.8) is 0 Å². The van der Waals surface area contributed by atoms with Gasteiger partial charge in [-0.05, 0) is 54.1 Å². The zero-order valence-corrected chi connectivity index (χ0v) is 19.2. The van der Waals surface area contributed by atoms with Crippen molar-refractivity contribution in [2.75, 3.05) is 0 Å². The number of allylic oxidation sites excluding steroid dienone is 4. The molecule has 168 valence electrons. The Morgan fingerprint density at radius 2 is 1.97 bits per heavy atom. The van der Waals surface area contributed by atoms with Gasteiger partial charge in [0.25, 0.3) is 0 Å². The lowest BCUT2D eigenvalue weighted by atomic mass is 10.0. The fourth-order valence-electron chi connectivity index (χ4n) is 3.43. The van der Waals surface area contributed by atoms with Gasteiger partial charge < -0.3 is 0 Å². The summed E-state index contributed by atoms with van der Waals surface area (Å²) in [6.45, 7) is 7.38. The van der Waals surface area contributed by atoms with E-state index in [-0.39, 0.29) is 12.2 Å². The van der Waals surface area contributed by atoms with Crippen LogP contribution < -0.4 is 0 Å². The summed E-state index contributed by atoms with van der Waals surface area (Å²) in [5, 5.41) is 8.34. The van der Waals surface area contributed by atoms with Crippen molar-refractivity contribution in [3.8, 4) is 0 Å². The van der Waals surface area contributed by atoms with E-state index in [1.54, 1.807) is 36.6 Å². The number of H-pyrrole nitrogens is 1. The number of pyridine rings is 1. The number of aromatic nitrogens is 3. The lowest BCUT2D eigenvalue weighted by molar-refractivity contribution is 0.0990. The lowest BCUT2D eigenvalue weighted by Crippen LogP contribution is -2.03. The summed E-state index contributed by atoms with van der Waals surface area (Å²) in [5.41, 5.74) is 3.50. The van der Waals surface area contributed by atoms with Crippen LogP contribution in [-0.4, -0.2) is 21.0 Å². The molecule has 0 atom stereocenters. The fourth-order valence-corrected chi connectivity index (χ4v) is 4.44. The summed E-state index contributed by atoms with van der Waals surface area (Å²) in [6.07, 6.45) is 10.6. The van der Waals surface area contributed by atoms with Gasteiger partial charge in [0.05, 0.1) is 21.8 Å². The van der Waals surface area contributed by atoms with Crippen LogP contribution in [0.3, 0.4) is 0 Å². The SMILES string of the molecule is C=C/C=C(\C=C)CC(=O)c1cccc(F)c1Sc1ccc2c(/C=C/c3ccccn3)n[nH]c2c1. The van der Waals surface area contributed by atoms with Crippen LogP contribution in [0.1, 0.15) is 28.2 Å². The van der Waals surface area contributed by atoms with Crippen molar-refractivity contribution in [2.24, 2.45) is 0 Å². The molecular formula is C28H22FN3OS. The molecule has 0 aliphatic heterocycles. The van der Waals surface area contributed by atoms with E-state index < -0.39 is 5.82 Å². The number of nitrogens with zero attached hydrogens (tertiary/aromatic N) is 2. The molecule has 1 N–H and O–H groups in total. The van der Waals surface area contributed by atoms with Crippen molar-refractivity contribution < 1.29 is 9.18 Å². The Bertz CT molecular complexity index is 1420. The molecule has 2 aromatic carbocycles. The van der Waals surface area contributed by atoms with Gasteiger partial charge in [-0.25, -0.2) is 4.39 Å². The molecule has 2 heterocycles. The number of rotatable bonds is 9. The predicted octanol–water partition coefficient (Wildman–Crippen LogP) is 7.29. The molecule has 0 fully saturated rings. The number of carbonyl (C=O) groups excluding carboxylic acids is 1. The Morgan fingerprint density at radius 1 is 1.09 bits per heavy atom. The largest absolute Gasteiger partial charge is 0.294 e. The van der Waals surface area contributed by atoms with E-state index in [9.17, 15) is 9.18 Å². The summed E-state index contributed by atoms with van der Waals surface area (Å²) < 4.78 is 14.8. The molecule has 4 aromatic rings. The number of carbonyl (C=O) groups is 1. The summed E-state index contributed by atoms with van der Waals surface area (Å²) in [7, 11) is 0. The number of fused-ring (bicyclic) bond motifs is 1. The van der Waals surface area contributed by atoms with Crippen LogP contribution in [-0.2, 0) is 0 Å². The standard InChI is InChI=1S/C28H22FN3OS/c1-3-8-19(4-2)17-27(33)23-10-7-11-24(29)28(23)34-21-13-14-22-25(31-32-26(22)18-21)15-12-20-9-5-6-16-30-20/h3-16,18H,1-2,17H2,(H,31,32)/b15-12+,19-8+. The molecule has 4 rings (SSSR count). The highest BCUT2D eigenvalue weighted by Gasteiger charge is 2.17. The van der Waals surface area contributed by atoms with E-state index in [1.165, 1.54) is 17.8 Å². The predicted molar refractivity (Wildman–Crippen MR) is 137 cm³/mol. The van der Waals surface area contributed by atoms with Crippen LogP contribution in [0.15, 0.2) is 108 Å². The Morgan fingerprint density at radius 3 is 2.74 bits per heavy atom. The molecule has 0 bridgehead atoms. The highest BCUT2D eigenvalue weighted by molar-refractivity contribution is 7.99. The summed E-state index contributed by atoms with van der Waals surface area (Å²) >= 11 is 1.21. The topological polar surface area (TPSA) is 58.6 Å². The molecule has 0 saturated heterocycles. The summed E-state index contributed by atoms with van der Waals surface area (Å²) in [6, 6.07) is 16.0. The third kappa shape index (κ3) is 5.30. The summed E-state index contributed by atoms with van der Waals surface area (Å²) in [4.78, 5) is 18.3. The molecule has 0 spiro atoms. The van der Waals surface area contributed by atoms with E-state index in [4.69, 9.17) is 0 Å². The van der Waals surface area contributed by atoms with E-state index in [2.05, 4.69) is 28.3 Å². The van der Waals surface area contributed by atoms with E-state index in [0.29, 0.717) is 10.5 Å². The number of nitrogens with one attached hydrogen (secondary N) is 1. The van der Waals surface area contributed by atoms with Gasteiger partial charge in [0.1, 0.15) is 5.82 Å². The van der Waals surface area contributed by atoms with Crippen molar-refractivity contribution in [1.82, 2.24) is 15.2 Å². The first-order valence-corrected chi connectivity index (χ1v) is 11.4. The normalized spacial score (nSPS) is 11.7. The monoisotopic (exact) mass is 467 g/mol. The number of hydrogen-bond donors (Lipinski definition) is 1. The number of halogens is 1. The minimum atomic E-state index is -0.438. The highest BCUT2D eigenvalue weighted by atomic mass is 32.2. The van der Waals surface area contributed by atoms with Gasteiger partial charge >= 0.3 is 0 Å². The van der Waals surface area contributed by atoms with Crippen LogP contribution in [0.4, 0.5) is 4.39 Å². The van der Waals surface area contributed by atoms with Crippen LogP contribution in [0.5, 0.6) is 0 Å². The third-order valence-corrected chi connectivity index (χ3v) is 6.22. The fraction of sp³-hybridized carbons (Fsp3) is 0.0357. The average Bonchev–Trinajstić information content (AvgIpc) is 3.26. The molecule has 0 amide bonds. The Balaban J connectivity index is 1.60. The van der Waals surface area contributed by atoms with Crippen molar-refractivity contribution in [3.05, 3.63) is 121 Å². The van der Waals surface area contributed by atoms with Gasteiger partial charge in [-0.3, -0.25) is 14.9 Å². The van der Waals surface area contributed by atoms with Crippen molar-refractivity contribution in [1.29, 1.82) is 0 Å². The van der Waals surface area contributed by atoms with E-state index in [0.717, 1.165) is 32.8 Å². The molecular weight excluding hydrogens is 445 g/mol. The molecule has 6 heteroatoms. The molecule has 0 saturated carbocycles. The van der Waals surface area contributed by atoms with E-state index in [1.807, 2.05) is 48.6 Å². The van der Waals surface area contributed by atoms with E-state index >= 15 is 0 Å². The molecule has 0 unspecified atom stereocenters. The molecule has 0 aliphatic carbocycles. The quantitative estimate of drug-likeness (QED) is 0.207. The Kier molecular flexibility index (Phi) is 7.30. The minimum Gasteiger partial charge on any atom is -0.294 e. The van der Waals surface area contributed by atoms with Crippen LogP contribution in [0.2, 0.25) is 0 Å². The number of hydrogen-bond acceptors (Lipinski definition) is 4. The Labute approximate surface area is 201 Å². The zero-order chi connectivity index (χ0) is 23.9. The second kappa shape index (κ2) is 10.7. The molecule has 4 nitrogen and oxygen atoms in total. The maximum absolute atomic E-state index is 14.8. The zero-order valence-electron chi connectivity index (χ0n) is 18.4. The maximum Gasteiger partial charge on any atom is 0.168 e. The highest BCUT2D eigenvalue weighted by Crippen LogP contribution is 2.35. The lowest BCUT2D eigenvalue weighted by Gasteiger charge is -2.10. The van der Waals surface area contributed by atoms with Crippen molar-refractivity contribution in [2.45, 2.75) is 16.2 Å². The Hall–Kier alpha value is -4.03. The molecule has 0 radical (unpaired) electrons. The van der Waals surface area contributed by atoms with Gasteiger partial charge in [0.15, 0.2) is 5.78 Å².